The number of hydrogen-bond acceptors (Lipinski definition) is 4. The van der Waals surface area contributed by atoms with Crippen LogP contribution < -0.4 is 5.32 Å². The monoisotopic (exact) mass is 349 g/mol. The second kappa shape index (κ2) is 9.72. The maximum Gasteiger partial charge on any atom is 0.337 e. The first-order valence-electron chi connectivity index (χ1n) is 8.69. The minimum atomic E-state index is -0.332. The summed E-state index contributed by atoms with van der Waals surface area (Å²) in [7, 11) is 1.38. The standard InChI is InChI=1S/C19H27NO3S/c1-14(18(21)20-17-10-5-3-4-6-11-17)24-13-15-8-7-9-16(12-15)19(22)23-2/h7-9,12,14,17H,3-6,10-11,13H2,1-2H3,(H,20,21)/t14-/m1/s1. The fourth-order valence-corrected chi connectivity index (χ4v) is 3.79. The molecule has 0 spiro atoms. The molecule has 0 heterocycles. The molecule has 4 nitrogen and oxygen atoms in total. The number of carbonyl (C=O) groups excluding carboxylic acids is 2. The Balaban J connectivity index is 1.82. The lowest BCUT2D eigenvalue weighted by Crippen LogP contribution is -2.39. The molecule has 132 valence electrons. The molecule has 1 N–H and O–H groups in total. The van der Waals surface area contributed by atoms with Gasteiger partial charge in [-0.3, -0.25) is 4.79 Å². The number of amides is 1. The van der Waals surface area contributed by atoms with E-state index in [2.05, 4.69) is 5.32 Å². The Morgan fingerprint density at radius 3 is 2.62 bits per heavy atom. The molecule has 0 unspecified atom stereocenters. The number of thioether (sulfide) groups is 1. The molecule has 0 saturated heterocycles. The average molecular weight is 349 g/mol. The van der Waals surface area contributed by atoms with Crippen LogP contribution in [0.15, 0.2) is 24.3 Å². The number of benzene rings is 1. The van der Waals surface area contributed by atoms with Gasteiger partial charge in [0.1, 0.15) is 0 Å². The van der Waals surface area contributed by atoms with Crippen molar-refractivity contribution in [3.05, 3.63) is 35.4 Å². The fraction of sp³-hybridized carbons (Fsp3) is 0.579. The van der Waals surface area contributed by atoms with Crippen LogP contribution in [0.25, 0.3) is 0 Å². The van der Waals surface area contributed by atoms with Gasteiger partial charge in [0.15, 0.2) is 0 Å². The summed E-state index contributed by atoms with van der Waals surface area (Å²) in [5, 5.41) is 3.10. The predicted octanol–water partition coefficient (Wildman–Crippen LogP) is 3.93. The molecule has 1 aromatic rings. The number of carbonyl (C=O) groups is 2. The van der Waals surface area contributed by atoms with Gasteiger partial charge in [-0.1, -0.05) is 37.8 Å². The first kappa shape index (κ1) is 18.8. The van der Waals surface area contributed by atoms with Crippen molar-refractivity contribution >= 4 is 23.6 Å². The third-order valence-electron chi connectivity index (χ3n) is 4.42. The summed E-state index contributed by atoms with van der Waals surface area (Å²) >= 11 is 1.60. The number of methoxy groups -OCH3 is 1. The van der Waals surface area contributed by atoms with Crippen LogP contribution in [0, 0.1) is 0 Å². The highest BCUT2D eigenvalue weighted by Gasteiger charge is 2.19. The van der Waals surface area contributed by atoms with Crippen molar-refractivity contribution in [1.29, 1.82) is 0 Å². The maximum atomic E-state index is 12.4. The summed E-state index contributed by atoms with van der Waals surface area (Å²) in [6, 6.07) is 7.72. The van der Waals surface area contributed by atoms with Crippen LogP contribution in [0.4, 0.5) is 0 Å². The maximum absolute atomic E-state index is 12.4. The molecular weight excluding hydrogens is 322 g/mol. The SMILES string of the molecule is COC(=O)c1cccc(CS[C@H](C)C(=O)NC2CCCCCC2)c1. The van der Waals surface area contributed by atoms with Crippen molar-refractivity contribution in [2.24, 2.45) is 0 Å². The van der Waals surface area contributed by atoms with Gasteiger partial charge >= 0.3 is 5.97 Å². The lowest BCUT2D eigenvalue weighted by molar-refractivity contribution is -0.121. The van der Waals surface area contributed by atoms with Gasteiger partial charge < -0.3 is 10.1 Å². The zero-order valence-corrected chi connectivity index (χ0v) is 15.4. The smallest absolute Gasteiger partial charge is 0.337 e. The number of nitrogens with one attached hydrogen (secondary N) is 1. The van der Waals surface area contributed by atoms with Crippen molar-refractivity contribution < 1.29 is 14.3 Å². The second-order valence-electron chi connectivity index (χ2n) is 6.34. The molecule has 1 amide bonds. The third-order valence-corrected chi connectivity index (χ3v) is 5.63. The van der Waals surface area contributed by atoms with Crippen molar-refractivity contribution in [3.63, 3.8) is 0 Å². The van der Waals surface area contributed by atoms with Crippen LogP contribution in [-0.2, 0) is 15.3 Å². The molecule has 1 aromatic carbocycles. The van der Waals surface area contributed by atoms with Crippen LogP contribution in [0.5, 0.6) is 0 Å². The van der Waals surface area contributed by atoms with E-state index in [1.807, 2.05) is 25.1 Å². The van der Waals surface area contributed by atoms with Crippen molar-refractivity contribution in [3.8, 4) is 0 Å². The van der Waals surface area contributed by atoms with E-state index < -0.39 is 0 Å². The summed E-state index contributed by atoms with van der Waals surface area (Å²) in [5.41, 5.74) is 1.57. The van der Waals surface area contributed by atoms with E-state index in [1.165, 1.54) is 32.8 Å². The highest BCUT2D eigenvalue weighted by atomic mass is 32.2. The Morgan fingerprint density at radius 2 is 1.96 bits per heavy atom. The zero-order chi connectivity index (χ0) is 17.4. The Kier molecular flexibility index (Phi) is 7.63. The molecule has 1 atom stereocenters. The first-order valence-corrected chi connectivity index (χ1v) is 9.74. The largest absolute Gasteiger partial charge is 0.465 e. The topological polar surface area (TPSA) is 55.4 Å². The van der Waals surface area contributed by atoms with E-state index in [0.29, 0.717) is 17.4 Å². The van der Waals surface area contributed by atoms with E-state index in [-0.39, 0.29) is 17.1 Å². The van der Waals surface area contributed by atoms with Gasteiger partial charge in [-0.25, -0.2) is 4.79 Å². The number of ether oxygens (including phenoxy) is 1. The minimum absolute atomic E-state index is 0.102. The normalized spacial score (nSPS) is 16.9. The summed E-state index contributed by atoms with van der Waals surface area (Å²) in [6.45, 7) is 1.95. The van der Waals surface area contributed by atoms with E-state index in [0.717, 1.165) is 18.4 Å². The lowest BCUT2D eigenvalue weighted by Gasteiger charge is -2.19. The molecule has 0 aromatic heterocycles. The molecule has 0 aliphatic heterocycles. The molecule has 24 heavy (non-hydrogen) atoms. The van der Waals surface area contributed by atoms with E-state index in [9.17, 15) is 9.59 Å². The third kappa shape index (κ3) is 5.86. The molecule has 0 bridgehead atoms. The molecular formula is C19H27NO3S. The minimum Gasteiger partial charge on any atom is -0.465 e. The molecule has 0 radical (unpaired) electrons. The summed E-state index contributed by atoms with van der Waals surface area (Å²) in [5.74, 6) is 0.487. The number of rotatable bonds is 6. The van der Waals surface area contributed by atoms with Gasteiger partial charge in [0.05, 0.1) is 17.9 Å². The van der Waals surface area contributed by atoms with Gasteiger partial charge in [0.2, 0.25) is 5.91 Å². The van der Waals surface area contributed by atoms with Crippen LogP contribution in [0.1, 0.15) is 61.4 Å². The number of esters is 1. The van der Waals surface area contributed by atoms with Crippen molar-refractivity contribution in [1.82, 2.24) is 5.32 Å². The van der Waals surface area contributed by atoms with Gasteiger partial charge in [-0.05, 0) is 37.5 Å². The van der Waals surface area contributed by atoms with Gasteiger partial charge in [-0.15, -0.1) is 11.8 Å². The van der Waals surface area contributed by atoms with E-state index in [4.69, 9.17) is 4.74 Å². The fourth-order valence-electron chi connectivity index (χ4n) is 2.95. The van der Waals surface area contributed by atoms with Crippen molar-refractivity contribution in [2.75, 3.05) is 7.11 Å². The van der Waals surface area contributed by atoms with Crippen LogP contribution >= 0.6 is 11.8 Å². The van der Waals surface area contributed by atoms with Gasteiger partial charge in [0.25, 0.3) is 0 Å². The quantitative estimate of drug-likeness (QED) is 0.624. The Labute approximate surface area is 148 Å². The van der Waals surface area contributed by atoms with Gasteiger partial charge in [-0.2, -0.15) is 0 Å². The summed E-state index contributed by atoms with van der Waals surface area (Å²) < 4.78 is 4.74. The Bertz CT molecular complexity index is 553. The molecule has 1 aliphatic carbocycles. The summed E-state index contributed by atoms with van der Waals surface area (Å²) in [6.07, 6.45) is 7.20. The van der Waals surface area contributed by atoms with Crippen molar-refractivity contribution in [2.45, 2.75) is 62.5 Å². The number of hydrogen-bond donors (Lipinski definition) is 1. The summed E-state index contributed by atoms with van der Waals surface area (Å²) in [4.78, 5) is 23.9. The Morgan fingerprint density at radius 1 is 1.25 bits per heavy atom. The van der Waals surface area contributed by atoms with Gasteiger partial charge in [0, 0.05) is 11.8 Å². The molecule has 1 saturated carbocycles. The van der Waals surface area contributed by atoms with Crippen LogP contribution in [0.3, 0.4) is 0 Å². The van der Waals surface area contributed by atoms with Crippen LogP contribution in [0.2, 0.25) is 0 Å². The zero-order valence-electron chi connectivity index (χ0n) is 14.5. The molecule has 5 heteroatoms. The second-order valence-corrected chi connectivity index (χ2v) is 7.67. The highest BCUT2D eigenvalue weighted by molar-refractivity contribution is 7.99. The van der Waals surface area contributed by atoms with Crippen LogP contribution in [-0.4, -0.2) is 30.3 Å². The van der Waals surface area contributed by atoms with E-state index >= 15 is 0 Å². The molecule has 1 aliphatic rings. The van der Waals surface area contributed by atoms with E-state index in [1.54, 1.807) is 17.8 Å². The lowest BCUT2D eigenvalue weighted by atomic mass is 10.1. The first-order chi connectivity index (χ1) is 11.6. The Hall–Kier alpha value is -1.49. The highest BCUT2D eigenvalue weighted by Crippen LogP contribution is 2.21. The molecule has 1 fully saturated rings. The average Bonchev–Trinajstić information content (AvgIpc) is 2.87. The molecule has 2 rings (SSSR count). The predicted molar refractivity (Wildman–Crippen MR) is 98.2 cm³/mol.